The van der Waals surface area contributed by atoms with Gasteiger partial charge in [0.1, 0.15) is 11.6 Å². The molecule has 1 rings (SSSR count). The second-order valence-corrected chi connectivity index (χ2v) is 3.19. The van der Waals surface area contributed by atoms with Crippen molar-refractivity contribution in [3.63, 3.8) is 0 Å². The van der Waals surface area contributed by atoms with Crippen LogP contribution in [0.3, 0.4) is 0 Å². The molecule has 0 radical (unpaired) electrons. The molecular weight excluding hydrogens is 263 g/mol. The molecule has 4 heteroatoms. The Morgan fingerprint density at radius 1 is 1.47 bits per heavy atom. The van der Waals surface area contributed by atoms with E-state index in [4.69, 9.17) is 9.47 Å². The van der Waals surface area contributed by atoms with Gasteiger partial charge in [0, 0.05) is 13.2 Å². The highest BCUT2D eigenvalue weighted by atomic mass is 79.9. The monoisotopic (exact) mass is 272 g/mol. The Labute approximate surface area is 96.5 Å². The van der Waals surface area contributed by atoms with Crippen molar-refractivity contribution in [3.8, 4) is 17.6 Å². The Bertz CT molecular complexity index is 382. The zero-order valence-corrected chi connectivity index (χ0v) is 9.80. The summed E-state index contributed by atoms with van der Waals surface area (Å²) in [6, 6.07) is 4.52. The van der Waals surface area contributed by atoms with Crippen molar-refractivity contribution in [2.45, 2.75) is 0 Å². The second-order valence-electron chi connectivity index (χ2n) is 2.63. The van der Waals surface area contributed by atoms with Crippen LogP contribution < -0.4 is 4.74 Å². The van der Waals surface area contributed by atoms with Crippen LogP contribution in [0.2, 0.25) is 0 Å². The molecule has 0 bridgehead atoms. The molecule has 0 N–H and O–H groups in total. The lowest BCUT2D eigenvalue weighted by molar-refractivity contribution is 0.0509. The molecule has 0 aliphatic heterocycles. The number of alkyl halides is 1. The average molecular weight is 273 g/mol. The SMILES string of the molecule is COCOc1ccc(C#CCBr)c(F)c1. The first kappa shape index (κ1) is 12.0. The van der Waals surface area contributed by atoms with Crippen molar-refractivity contribution in [3.05, 3.63) is 29.6 Å². The van der Waals surface area contributed by atoms with E-state index in [0.717, 1.165) is 0 Å². The quantitative estimate of drug-likeness (QED) is 0.478. The lowest BCUT2D eigenvalue weighted by Crippen LogP contribution is -1.99. The molecule has 0 amide bonds. The number of benzene rings is 1. The van der Waals surface area contributed by atoms with E-state index >= 15 is 0 Å². The highest BCUT2D eigenvalue weighted by molar-refractivity contribution is 9.09. The van der Waals surface area contributed by atoms with Crippen LogP contribution in [-0.2, 0) is 4.74 Å². The van der Waals surface area contributed by atoms with Gasteiger partial charge in [0.05, 0.1) is 10.9 Å². The minimum Gasteiger partial charge on any atom is -0.467 e. The third kappa shape index (κ3) is 3.90. The average Bonchev–Trinajstić information content (AvgIpc) is 2.25. The van der Waals surface area contributed by atoms with Crippen LogP contribution in [0.5, 0.6) is 5.75 Å². The predicted molar refractivity (Wildman–Crippen MR) is 59.6 cm³/mol. The first-order valence-corrected chi connectivity index (χ1v) is 5.36. The molecule has 0 aliphatic rings. The molecule has 2 nitrogen and oxygen atoms in total. The summed E-state index contributed by atoms with van der Waals surface area (Å²) in [5.74, 6) is 5.45. The molecule has 0 spiro atoms. The zero-order chi connectivity index (χ0) is 11.1. The first-order valence-electron chi connectivity index (χ1n) is 4.24. The van der Waals surface area contributed by atoms with Gasteiger partial charge in [-0.2, -0.15) is 0 Å². The van der Waals surface area contributed by atoms with Gasteiger partial charge in [-0.25, -0.2) is 4.39 Å². The van der Waals surface area contributed by atoms with E-state index in [2.05, 4.69) is 27.8 Å². The van der Waals surface area contributed by atoms with Gasteiger partial charge in [0.2, 0.25) is 0 Å². The molecule has 15 heavy (non-hydrogen) atoms. The van der Waals surface area contributed by atoms with E-state index in [1.54, 1.807) is 12.1 Å². The highest BCUT2D eigenvalue weighted by Gasteiger charge is 2.01. The minimum absolute atomic E-state index is 0.103. The molecule has 0 aromatic heterocycles. The topological polar surface area (TPSA) is 18.5 Å². The van der Waals surface area contributed by atoms with Crippen LogP contribution in [0.25, 0.3) is 0 Å². The van der Waals surface area contributed by atoms with Crippen LogP contribution >= 0.6 is 15.9 Å². The number of rotatable bonds is 3. The normalized spacial score (nSPS) is 9.27. The van der Waals surface area contributed by atoms with Gasteiger partial charge >= 0.3 is 0 Å². The van der Waals surface area contributed by atoms with Crippen LogP contribution in [0.1, 0.15) is 5.56 Å². The van der Waals surface area contributed by atoms with Gasteiger partial charge in [-0.1, -0.05) is 27.8 Å². The fourth-order valence-electron chi connectivity index (χ4n) is 0.943. The molecule has 0 atom stereocenters. The molecule has 0 unspecified atom stereocenters. The summed E-state index contributed by atoms with van der Waals surface area (Å²) in [6.45, 7) is 0.103. The molecule has 0 saturated carbocycles. The smallest absolute Gasteiger partial charge is 0.188 e. The number of hydrogen-bond donors (Lipinski definition) is 0. The maximum Gasteiger partial charge on any atom is 0.188 e. The molecule has 0 aliphatic carbocycles. The third-order valence-corrected chi connectivity index (χ3v) is 1.85. The van der Waals surface area contributed by atoms with Crippen molar-refractivity contribution in [2.75, 3.05) is 19.2 Å². The van der Waals surface area contributed by atoms with Crippen molar-refractivity contribution in [1.82, 2.24) is 0 Å². The van der Waals surface area contributed by atoms with E-state index in [9.17, 15) is 4.39 Å². The van der Waals surface area contributed by atoms with E-state index in [-0.39, 0.29) is 6.79 Å². The lowest BCUT2D eigenvalue weighted by Gasteiger charge is -2.04. The van der Waals surface area contributed by atoms with Crippen LogP contribution in [-0.4, -0.2) is 19.2 Å². The van der Waals surface area contributed by atoms with Crippen molar-refractivity contribution >= 4 is 15.9 Å². The predicted octanol–water partition coefficient (Wildman–Crippen LogP) is 2.55. The van der Waals surface area contributed by atoms with Crippen LogP contribution in [0.15, 0.2) is 18.2 Å². The molecular formula is C11H10BrFO2. The Morgan fingerprint density at radius 3 is 2.87 bits per heavy atom. The van der Waals surface area contributed by atoms with Gasteiger partial charge < -0.3 is 9.47 Å². The highest BCUT2D eigenvalue weighted by Crippen LogP contribution is 2.15. The Kier molecular flexibility index (Phi) is 5.16. The summed E-state index contributed by atoms with van der Waals surface area (Å²) in [5, 5.41) is 0.522. The molecule has 0 heterocycles. The second kappa shape index (κ2) is 6.44. The summed E-state index contributed by atoms with van der Waals surface area (Å²) < 4.78 is 23.1. The number of methoxy groups -OCH3 is 1. The number of ether oxygens (including phenoxy) is 2. The maximum absolute atomic E-state index is 13.4. The van der Waals surface area contributed by atoms with Gasteiger partial charge in [-0.15, -0.1) is 0 Å². The lowest BCUT2D eigenvalue weighted by atomic mass is 10.2. The fraction of sp³-hybridized carbons (Fsp3) is 0.273. The van der Waals surface area contributed by atoms with Crippen molar-refractivity contribution in [2.24, 2.45) is 0 Å². The maximum atomic E-state index is 13.4. The molecule has 1 aromatic rings. The Morgan fingerprint density at radius 2 is 2.27 bits per heavy atom. The molecule has 0 saturated heterocycles. The summed E-state index contributed by atoms with van der Waals surface area (Å²) in [7, 11) is 1.51. The number of halogens is 2. The molecule has 1 aromatic carbocycles. The summed E-state index contributed by atoms with van der Waals surface area (Å²) in [6.07, 6.45) is 0. The fourth-order valence-corrected chi connectivity index (χ4v) is 1.08. The zero-order valence-electron chi connectivity index (χ0n) is 8.22. The summed E-state index contributed by atoms with van der Waals surface area (Å²) in [5.41, 5.74) is 0.360. The summed E-state index contributed by atoms with van der Waals surface area (Å²) >= 11 is 3.14. The van der Waals surface area contributed by atoms with Gasteiger partial charge in [0.15, 0.2) is 6.79 Å². The van der Waals surface area contributed by atoms with Gasteiger partial charge in [-0.05, 0) is 12.1 Å². The van der Waals surface area contributed by atoms with E-state index < -0.39 is 5.82 Å². The molecule has 80 valence electrons. The third-order valence-electron chi connectivity index (χ3n) is 1.57. The van der Waals surface area contributed by atoms with Crippen molar-refractivity contribution < 1.29 is 13.9 Å². The minimum atomic E-state index is -0.392. The van der Waals surface area contributed by atoms with Crippen LogP contribution in [0, 0.1) is 17.7 Å². The first-order chi connectivity index (χ1) is 7.27. The van der Waals surface area contributed by atoms with E-state index in [0.29, 0.717) is 16.6 Å². The van der Waals surface area contributed by atoms with E-state index in [1.807, 2.05) is 0 Å². The van der Waals surface area contributed by atoms with Gasteiger partial charge in [0.25, 0.3) is 0 Å². The molecule has 0 fully saturated rings. The number of hydrogen-bond acceptors (Lipinski definition) is 2. The Balaban J connectivity index is 2.78. The van der Waals surface area contributed by atoms with Gasteiger partial charge in [-0.3, -0.25) is 0 Å². The summed E-state index contributed by atoms with van der Waals surface area (Å²) in [4.78, 5) is 0. The standard InChI is InChI=1S/C11H10BrFO2/c1-14-8-15-10-5-4-9(3-2-6-12)11(13)7-10/h4-5,7H,6,8H2,1H3. The van der Waals surface area contributed by atoms with Crippen LogP contribution in [0.4, 0.5) is 4.39 Å². The van der Waals surface area contributed by atoms with Crippen molar-refractivity contribution in [1.29, 1.82) is 0 Å². The van der Waals surface area contributed by atoms with E-state index in [1.165, 1.54) is 13.2 Å². The Hall–Kier alpha value is -1.05. The largest absolute Gasteiger partial charge is 0.467 e.